The molecule has 0 bridgehead atoms. The van der Waals surface area contributed by atoms with Crippen molar-refractivity contribution < 1.29 is 4.74 Å². The van der Waals surface area contributed by atoms with E-state index in [4.69, 9.17) is 10.5 Å². The quantitative estimate of drug-likeness (QED) is 0.892. The Morgan fingerprint density at radius 3 is 2.74 bits per heavy atom. The number of methoxy groups -OCH3 is 1. The van der Waals surface area contributed by atoms with Gasteiger partial charge in [0.15, 0.2) is 0 Å². The second-order valence-corrected chi connectivity index (χ2v) is 6.06. The highest BCUT2D eigenvalue weighted by molar-refractivity contribution is 9.10. The number of ether oxygens (including phenoxy) is 1. The molecule has 2 nitrogen and oxygen atoms in total. The maximum atomic E-state index is 5.96. The van der Waals surface area contributed by atoms with Crippen molar-refractivity contribution in [2.75, 3.05) is 13.7 Å². The van der Waals surface area contributed by atoms with Crippen LogP contribution < -0.4 is 10.5 Å². The predicted molar refractivity (Wildman–Crippen MR) is 84.3 cm³/mol. The van der Waals surface area contributed by atoms with Crippen molar-refractivity contribution in [3.05, 3.63) is 33.8 Å². The third-order valence-electron chi connectivity index (χ3n) is 3.90. The standard InChI is InChI=1S/C16H22BrNO/c1-19-16-8-7-15(17)10-13(16)9-14(11-18)12-5-3-2-4-6-12/h7-10,12H,2-6,11,18H2,1H3. The first-order valence-corrected chi connectivity index (χ1v) is 7.78. The zero-order valence-electron chi connectivity index (χ0n) is 11.5. The fraction of sp³-hybridized carbons (Fsp3) is 0.500. The summed E-state index contributed by atoms with van der Waals surface area (Å²) in [4.78, 5) is 0. The molecule has 1 fully saturated rings. The lowest BCUT2D eigenvalue weighted by Gasteiger charge is -2.24. The van der Waals surface area contributed by atoms with Gasteiger partial charge in [-0.2, -0.15) is 0 Å². The number of hydrogen-bond donors (Lipinski definition) is 1. The van der Waals surface area contributed by atoms with Crippen molar-refractivity contribution in [2.45, 2.75) is 32.1 Å². The van der Waals surface area contributed by atoms with E-state index in [9.17, 15) is 0 Å². The topological polar surface area (TPSA) is 35.2 Å². The first-order valence-electron chi connectivity index (χ1n) is 6.98. The molecule has 104 valence electrons. The van der Waals surface area contributed by atoms with Crippen LogP contribution in [0.4, 0.5) is 0 Å². The van der Waals surface area contributed by atoms with Crippen LogP contribution >= 0.6 is 15.9 Å². The molecule has 1 aliphatic rings. The minimum Gasteiger partial charge on any atom is -0.496 e. The Kier molecular flexibility index (Phi) is 5.46. The lowest BCUT2D eigenvalue weighted by Crippen LogP contribution is -2.16. The molecule has 2 rings (SSSR count). The largest absolute Gasteiger partial charge is 0.496 e. The van der Waals surface area contributed by atoms with Crippen molar-refractivity contribution in [2.24, 2.45) is 11.7 Å². The Morgan fingerprint density at radius 1 is 1.37 bits per heavy atom. The van der Waals surface area contributed by atoms with E-state index < -0.39 is 0 Å². The molecule has 0 amide bonds. The van der Waals surface area contributed by atoms with E-state index in [2.05, 4.69) is 28.1 Å². The number of nitrogens with two attached hydrogens (primary N) is 1. The van der Waals surface area contributed by atoms with Gasteiger partial charge in [-0.15, -0.1) is 0 Å². The zero-order chi connectivity index (χ0) is 13.7. The highest BCUT2D eigenvalue weighted by Crippen LogP contribution is 2.32. The van der Waals surface area contributed by atoms with Crippen molar-refractivity contribution in [3.8, 4) is 5.75 Å². The van der Waals surface area contributed by atoms with Crippen LogP contribution in [0.2, 0.25) is 0 Å². The summed E-state index contributed by atoms with van der Waals surface area (Å²) in [6.07, 6.45) is 8.81. The molecule has 0 atom stereocenters. The van der Waals surface area contributed by atoms with E-state index in [1.165, 1.54) is 37.7 Å². The molecule has 0 aromatic heterocycles. The molecule has 0 radical (unpaired) electrons. The molecule has 1 aromatic carbocycles. The monoisotopic (exact) mass is 323 g/mol. The van der Waals surface area contributed by atoms with Crippen LogP contribution in [0.15, 0.2) is 28.2 Å². The third-order valence-corrected chi connectivity index (χ3v) is 4.39. The summed E-state index contributed by atoms with van der Waals surface area (Å²) in [7, 11) is 1.71. The van der Waals surface area contributed by atoms with Crippen LogP contribution in [0.3, 0.4) is 0 Å². The minimum absolute atomic E-state index is 0.639. The summed E-state index contributed by atoms with van der Waals surface area (Å²) >= 11 is 3.52. The van der Waals surface area contributed by atoms with E-state index in [0.717, 1.165) is 15.8 Å². The Morgan fingerprint density at radius 2 is 2.11 bits per heavy atom. The van der Waals surface area contributed by atoms with Gasteiger partial charge < -0.3 is 10.5 Å². The second kappa shape index (κ2) is 7.11. The number of halogens is 1. The van der Waals surface area contributed by atoms with Gasteiger partial charge in [-0.05, 0) is 37.0 Å². The molecule has 0 heterocycles. The van der Waals surface area contributed by atoms with Gasteiger partial charge in [0.1, 0.15) is 5.75 Å². The molecule has 2 N–H and O–H groups in total. The molecule has 0 unspecified atom stereocenters. The van der Waals surface area contributed by atoms with Crippen LogP contribution in [0.5, 0.6) is 5.75 Å². The Labute approximate surface area is 124 Å². The highest BCUT2D eigenvalue weighted by atomic mass is 79.9. The van der Waals surface area contributed by atoms with Crippen LogP contribution in [-0.2, 0) is 0 Å². The van der Waals surface area contributed by atoms with E-state index in [1.807, 2.05) is 12.1 Å². The van der Waals surface area contributed by atoms with Crippen molar-refractivity contribution >= 4 is 22.0 Å². The fourth-order valence-electron chi connectivity index (χ4n) is 2.83. The molecule has 1 aliphatic carbocycles. The van der Waals surface area contributed by atoms with E-state index in [1.54, 1.807) is 7.11 Å². The SMILES string of the molecule is COc1ccc(Br)cc1C=C(CN)C1CCCCC1. The summed E-state index contributed by atoms with van der Waals surface area (Å²) in [5.74, 6) is 1.56. The summed E-state index contributed by atoms with van der Waals surface area (Å²) < 4.78 is 6.50. The summed E-state index contributed by atoms with van der Waals surface area (Å²) in [6.45, 7) is 0.639. The van der Waals surface area contributed by atoms with E-state index in [0.29, 0.717) is 12.5 Å². The molecule has 1 saturated carbocycles. The lowest BCUT2D eigenvalue weighted by atomic mass is 9.83. The van der Waals surface area contributed by atoms with Crippen LogP contribution in [-0.4, -0.2) is 13.7 Å². The average Bonchev–Trinajstić information content (AvgIpc) is 2.46. The molecule has 0 aliphatic heterocycles. The Balaban J connectivity index is 2.28. The van der Waals surface area contributed by atoms with Gasteiger partial charge in [0.05, 0.1) is 7.11 Å². The lowest BCUT2D eigenvalue weighted by molar-refractivity contribution is 0.400. The zero-order valence-corrected chi connectivity index (χ0v) is 13.1. The average molecular weight is 324 g/mol. The van der Waals surface area contributed by atoms with Gasteiger partial charge in [-0.3, -0.25) is 0 Å². The molecule has 19 heavy (non-hydrogen) atoms. The molecule has 0 saturated heterocycles. The first kappa shape index (κ1) is 14.6. The maximum absolute atomic E-state index is 5.96. The summed E-state index contributed by atoms with van der Waals surface area (Å²) in [5.41, 5.74) is 8.43. The molecular formula is C16H22BrNO. The number of benzene rings is 1. The molecule has 0 spiro atoms. The third kappa shape index (κ3) is 3.83. The van der Waals surface area contributed by atoms with E-state index >= 15 is 0 Å². The maximum Gasteiger partial charge on any atom is 0.126 e. The Bertz CT molecular complexity index is 450. The van der Waals surface area contributed by atoms with Gasteiger partial charge in [-0.1, -0.05) is 46.8 Å². The van der Waals surface area contributed by atoms with Gasteiger partial charge in [0, 0.05) is 16.6 Å². The van der Waals surface area contributed by atoms with Gasteiger partial charge in [0.2, 0.25) is 0 Å². The van der Waals surface area contributed by atoms with Crippen molar-refractivity contribution in [1.29, 1.82) is 0 Å². The van der Waals surface area contributed by atoms with Gasteiger partial charge in [0.25, 0.3) is 0 Å². The minimum atomic E-state index is 0.639. The number of rotatable bonds is 4. The second-order valence-electron chi connectivity index (χ2n) is 5.14. The predicted octanol–water partition coefficient (Wildman–Crippen LogP) is 4.38. The van der Waals surface area contributed by atoms with Crippen LogP contribution in [0.25, 0.3) is 6.08 Å². The van der Waals surface area contributed by atoms with Crippen LogP contribution in [0.1, 0.15) is 37.7 Å². The van der Waals surface area contributed by atoms with E-state index in [-0.39, 0.29) is 0 Å². The normalized spacial score (nSPS) is 17.5. The summed E-state index contributed by atoms with van der Waals surface area (Å²) in [5, 5.41) is 0. The fourth-order valence-corrected chi connectivity index (χ4v) is 3.21. The van der Waals surface area contributed by atoms with Crippen LogP contribution in [0, 0.1) is 5.92 Å². The summed E-state index contributed by atoms with van der Waals surface area (Å²) in [6, 6.07) is 6.08. The van der Waals surface area contributed by atoms with Gasteiger partial charge in [-0.25, -0.2) is 0 Å². The smallest absolute Gasteiger partial charge is 0.126 e. The van der Waals surface area contributed by atoms with Crippen molar-refractivity contribution in [3.63, 3.8) is 0 Å². The first-order chi connectivity index (χ1) is 9.24. The molecular weight excluding hydrogens is 302 g/mol. The Hall–Kier alpha value is -0.800. The van der Waals surface area contributed by atoms with Gasteiger partial charge >= 0.3 is 0 Å². The highest BCUT2D eigenvalue weighted by Gasteiger charge is 2.17. The molecule has 1 aromatic rings. The molecule has 3 heteroatoms. The number of hydrogen-bond acceptors (Lipinski definition) is 2. The van der Waals surface area contributed by atoms with Crippen molar-refractivity contribution in [1.82, 2.24) is 0 Å².